The highest BCUT2D eigenvalue weighted by Gasteiger charge is 2.18. The van der Waals surface area contributed by atoms with E-state index in [0.717, 1.165) is 5.69 Å². The number of anilines is 2. The summed E-state index contributed by atoms with van der Waals surface area (Å²) in [7, 11) is 1.58. The van der Waals surface area contributed by atoms with Gasteiger partial charge in [0.2, 0.25) is 0 Å². The lowest BCUT2D eigenvalue weighted by Crippen LogP contribution is -1.91. The van der Waals surface area contributed by atoms with Crippen molar-refractivity contribution in [3.8, 4) is 17.1 Å². The normalized spacial score (nSPS) is 10.3. The number of rotatable bonds is 5. The van der Waals surface area contributed by atoms with Gasteiger partial charge in [0.05, 0.1) is 23.8 Å². The van der Waals surface area contributed by atoms with Crippen molar-refractivity contribution in [2.45, 2.75) is 0 Å². The van der Waals surface area contributed by atoms with Crippen LogP contribution in [0.5, 0.6) is 5.75 Å². The molecular formula is C16H13N3O4. The fourth-order valence-corrected chi connectivity index (χ4v) is 2.12. The van der Waals surface area contributed by atoms with E-state index in [9.17, 15) is 10.1 Å². The highest BCUT2D eigenvalue weighted by molar-refractivity contribution is 5.69. The van der Waals surface area contributed by atoms with E-state index in [-0.39, 0.29) is 11.7 Å². The molecule has 0 spiro atoms. The third kappa shape index (κ3) is 3.13. The van der Waals surface area contributed by atoms with Crippen LogP contribution in [0.4, 0.5) is 17.4 Å². The predicted molar refractivity (Wildman–Crippen MR) is 84.9 cm³/mol. The summed E-state index contributed by atoms with van der Waals surface area (Å²) in [5.74, 6) is 1.02. The molecule has 3 rings (SSSR count). The van der Waals surface area contributed by atoms with Crippen molar-refractivity contribution >= 4 is 17.4 Å². The quantitative estimate of drug-likeness (QED) is 0.565. The SMILES string of the molecule is COc1cccc(Nc2ncc(-c3ccccc3[N+](=O)[O-])o2)c1. The minimum Gasteiger partial charge on any atom is -0.497 e. The van der Waals surface area contributed by atoms with Crippen molar-refractivity contribution in [2.24, 2.45) is 0 Å². The van der Waals surface area contributed by atoms with Gasteiger partial charge in [-0.15, -0.1) is 0 Å². The molecule has 0 atom stereocenters. The van der Waals surface area contributed by atoms with Gasteiger partial charge < -0.3 is 14.5 Å². The first kappa shape index (κ1) is 14.6. The molecule has 2 aromatic carbocycles. The number of aromatic nitrogens is 1. The molecular weight excluding hydrogens is 298 g/mol. The second kappa shape index (κ2) is 6.18. The molecule has 1 aromatic heterocycles. The molecule has 7 heteroatoms. The second-order valence-corrected chi connectivity index (χ2v) is 4.66. The van der Waals surface area contributed by atoms with Crippen molar-refractivity contribution in [2.75, 3.05) is 12.4 Å². The van der Waals surface area contributed by atoms with Crippen molar-refractivity contribution in [1.29, 1.82) is 0 Å². The number of oxazole rings is 1. The number of nitro benzene ring substituents is 1. The Morgan fingerprint density at radius 3 is 2.83 bits per heavy atom. The summed E-state index contributed by atoms with van der Waals surface area (Å²) < 4.78 is 10.7. The molecule has 1 heterocycles. The standard InChI is InChI=1S/C16H13N3O4/c1-22-12-6-4-5-11(9-12)18-16-17-10-15(23-16)13-7-2-3-8-14(13)19(20)21/h2-10H,1H3,(H,17,18). The molecule has 0 saturated heterocycles. The van der Waals surface area contributed by atoms with Gasteiger partial charge in [0.25, 0.3) is 11.7 Å². The van der Waals surface area contributed by atoms with Gasteiger partial charge in [0.1, 0.15) is 5.75 Å². The Hall–Kier alpha value is -3.35. The third-order valence-electron chi connectivity index (χ3n) is 3.19. The van der Waals surface area contributed by atoms with Crippen LogP contribution in [-0.4, -0.2) is 17.0 Å². The first-order chi connectivity index (χ1) is 11.2. The van der Waals surface area contributed by atoms with Crippen LogP contribution in [0.1, 0.15) is 0 Å². The molecule has 0 radical (unpaired) electrons. The van der Waals surface area contributed by atoms with E-state index >= 15 is 0 Å². The Labute approximate surface area is 131 Å². The highest BCUT2D eigenvalue weighted by atomic mass is 16.6. The van der Waals surface area contributed by atoms with Crippen LogP contribution in [0.2, 0.25) is 0 Å². The molecule has 0 unspecified atom stereocenters. The van der Waals surface area contributed by atoms with Crippen molar-refractivity contribution in [3.63, 3.8) is 0 Å². The number of ether oxygens (including phenoxy) is 1. The lowest BCUT2D eigenvalue weighted by molar-refractivity contribution is -0.384. The van der Waals surface area contributed by atoms with Crippen LogP contribution in [0, 0.1) is 10.1 Å². The second-order valence-electron chi connectivity index (χ2n) is 4.66. The monoisotopic (exact) mass is 311 g/mol. The van der Waals surface area contributed by atoms with Gasteiger partial charge >= 0.3 is 0 Å². The Kier molecular flexibility index (Phi) is 3.92. The number of methoxy groups -OCH3 is 1. The Morgan fingerprint density at radius 1 is 1.22 bits per heavy atom. The van der Waals surface area contributed by atoms with E-state index in [1.54, 1.807) is 31.4 Å². The van der Waals surface area contributed by atoms with Gasteiger partial charge in [-0.3, -0.25) is 10.1 Å². The zero-order valence-corrected chi connectivity index (χ0v) is 12.2. The third-order valence-corrected chi connectivity index (χ3v) is 3.19. The van der Waals surface area contributed by atoms with Gasteiger partial charge in [0, 0.05) is 17.8 Å². The van der Waals surface area contributed by atoms with Gasteiger partial charge in [-0.25, -0.2) is 4.98 Å². The maximum atomic E-state index is 11.1. The van der Waals surface area contributed by atoms with Crippen molar-refractivity contribution in [3.05, 3.63) is 64.8 Å². The number of hydrogen-bond donors (Lipinski definition) is 1. The van der Waals surface area contributed by atoms with Gasteiger partial charge in [-0.2, -0.15) is 0 Å². The molecule has 0 saturated carbocycles. The zero-order valence-electron chi connectivity index (χ0n) is 12.2. The maximum Gasteiger partial charge on any atom is 0.299 e. The van der Waals surface area contributed by atoms with Gasteiger partial charge in [0.15, 0.2) is 5.76 Å². The van der Waals surface area contributed by atoms with Crippen molar-refractivity contribution in [1.82, 2.24) is 4.98 Å². The summed E-state index contributed by atoms with van der Waals surface area (Å²) in [6.07, 6.45) is 1.45. The lowest BCUT2D eigenvalue weighted by atomic mass is 10.1. The number of para-hydroxylation sites is 1. The van der Waals surface area contributed by atoms with Gasteiger partial charge in [-0.1, -0.05) is 18.2 Å². The minimum absolute atomic E-state index is 0.0309. The highest BCUT2D eigenvalue weighted by Crippen LogP contribution is 2.31. The van der Waals surface area contributed by atoms with Crippen LogP contribution in [-0.2, 0) is 0 Å². The first-order valence-corrected chi connectivity index (χ1v) is 6.78. The molecule has 1 N–H and O–H groups in total. The Balaban J connectivity index is 1.88. The average Bonchev–Trinajstić information content (AvgIpc) is 3.03. The molecule has 3 aromatic rings. The lowest BCUT2D eigenvalue weighted by Gasteiger charge is -2.04. The molecule has 0 aliphatic carbocycles. The topological polar surface area (TPSA) is 90.4 Å². The molecule has 0 bridgehead atoms. The molecule has 0 aliphatic heterocycles. The van der Waals surface area contributed by atoms with E-state index in [1.807, 2.05) is 18.2 Å². The van der Waals surface area contributed by atoms with Crippen LogP contribution in [0.15, 0.2) is 59.1 Å². The fourth-order valence-electron chi connectivity index (χ4n) is 2.12. The minimum atomic E-state index is -0.451. The predicted octanol–water partition coefficient (Wildman–Crippen LogP) is 4.00. The van der Waals surface area contributed by atoms with E-state index in [1.165, 1.54) is 12.3 Å². The van der Waals surface area contributed by atoms with Crippen LogP contribution < -0.4 is 10.1 Å². The van der Waals surface area contributed by atoms with Crippen LogP contribution >= 0.6 is 0 Å². The Bertz CT molecular complexity index is 845. The molecule has 23 heavy (non-hydrogen) atoms. The first-order valence-electron chi connectivity index (χ1n) is 6.78. The summed E-state index contributed by atoms with van der Waals surface area (Å²) in [5.41, 5.74) is 1.08. The summed E-state index contributed by atoms with van der Waals surface area (Å²) >= 11 is 0. The summed E-state index contributed by atoms with van der Waals surface area (Å²) in [6.45, 7) is 0. The summed E-state index contributed by atoms with van der Waals surface area (Å²) in [5, 5.41) is 14.1. The van der Waals surface area contributed by atoms with Crippen LogP contribution in [0.3, 0.4) is 0 Å². The zero-order chi connectivity index (χ0) is 16.2. The number of nitrogens with zero attached hydrogens (tertiary/aromatic N) is 2. The fraction of sp³-hybridized carbons (Fsp3) is 0.0625. The summed E-state index contributed by atoms with van der Waals surface area (Å²) in [4.78, 5) is 14.7. The number of nitrogens with one attached hydrogen (secondary N) is 1. The van der Waals surface area contributed by atoms with Crippen LogP contribution in [0.25, 0.3) is 11.3 Å². The number of nitro groups is 1. The molecule has 0 aliphatic rings. The Morgan fingerprint density at radius 2 is 2.04 bits per heavy atom. The van der Waals surface area contributed by atoms with E-state index < -0.39 is 4.92 Å². The molecule has 0 fully saturated rings. The number of hydrogen-bond acceptors (Lipinski definition) is 6. The maximum absolute atomic E-state index is 11.1. The number of benzene rings is 2. The largest absolute Gasteiger partial charge is 0.497 e. The average molecular weight is 311 g/mol. The van der Waals surface area contributed by atoms with Gasteiger partial charge in [-0.05, 0) is 18.2 Å². The van der Waals surface area contributed by atoms with Crippen molar-refractivity contribution < 1.29 is 14.1 Å². The smallest absolute Gasteiger partial charge is 0.299 e. The van der Waals surface area contributed by atoms with E-state index in [4.69, 9.17) is 9.15 Å². The molecule has 116 valence electrons. The molecule has 7 nitrogen and oxygen atoms in total. The van der Waals surface area contributed by atoms with E-state index in [0.29, 0.717) is 17.1 Å². The summed E-state index contributed by atoms with van der Waals surface area (Å²) in [6, 6.07) is 13.9. The van der Waals surface area contributed by atoms with E-state index in [2.05, 4.69) is 10.3 Å². The molecule has 0 amide bonds.